The van der Waals surface area contributed by atoms with E-state index in [2.05, 4.69) is 254 Å². The molecule has 67 heavy (non-hydrogen) atoms. The summed E-state index contributed by atoms with van der Waals surface area (Å²) < 4.78 is 0. The maximum absolute atomic E-state index is 4.62. The fourth-order valence-electron chi connectivity index (χ4n) is 10.3. The van der Waals surface area contributed by atoms with Crippen molar-refractivity contribution in [3.63, 3.8) is 0 Å². The van der Waals surface area contributed by atoms with Crippen molar-refractivity contribution in [1.82, 2.24) is 0 Å². The van der Waals surface area contributed by atoms with Crippen molar-refractivity contribution in [1.29, 1.82) is 0 Å². The molecule has 2 aliphatic heterocycles. The largest absolute Gasteiger partial charge is 0.308 e. The highest BCUT2D eigenvalue weighted by Gasteiger charge is 2.43. The Morgan fingerprint density at radius 1 is 0.463 bits per heavy atom. The quantitative estimate of drug-likeness (QED) is 0.111. The summed E-state index contributed by atoms with van der Waals surface area (Å²) >= 11 is 3.68. The van der Waals surface area contributed by atoms with Crippen molar-refractivity contribution >= 4 is 86.1 Å². The van der Waals surface area contributed by atoms with E-state index in [4.69, 9.17) is 0 Å². The van der Waals surface area contributed by atoms with Gasteiger partial charge in [-0.25, -0.2) is 0 Å². The van der Waals surface area contributed by atoms with Crippen LogP contribution in [-0.2, 0) is 5.41 Å². The van der Waals surface area contributed by atoms with Crippen LogP contribution >= 0.6 is 23.5 Å². The third-order valence-electron chi connectivity index (χ3n) is 13.5. The van der Waals surface area contributed by atoms with Gasteiger partial charge in [0.05, 0.1) is 22.7 Å². The Morgan fingerprint density at radius 3 is 1.54 bits per heavy atom. The molecule has 2 nitrogen and oxygen atoms in total. The van der Waals surface area contributed by atoms with E-state index >= 15 is 0 Å². The molecule has 1 unspecified atom stereocenters. The van der Waals surface area contributed by atoms with E-state index in [1.807, 2.05) is 30.4 Å². The normalized spacial score (nSPS) is 15.7. The van der Waals surface area contributed by atoms with Gasteiger partial charge in [0.2, 0.25) is 0 Å². The van der Waals surface area contributed by atoms with Gasteiger partial charge in [-0.1, -0.05) is 176 Å². The van der Waals surface area contributed by atoms with Crippen molar-refractivity contribution in [2.75, 3.05) is 9.80 Å². The summed E-state index contributed by atoms with van der Waals surface area (Å²) in [5.74, 6) is 0. The first-order chi connectivity index (χ1) is 33.0. The van der Waals surface area contributed by atoms with Gasteiger partial charge in [-0.3, -0.25) is 0 Å². The summed E-state index contributed by atoms with van der Waals surface area (Å²) in [6.45, 7) is 9.08. The number of para-hydroxylation sites is 4. The smallest absolute Gasteiger partial charge is 0.0601 e. The minimum Gasteiger partial charge on any atom is -0.308 e. The highest BCUT2D eigenvalue weighted by Crippen LogP contribution is 2.57. The standard InChI is InChI=1S/C63H46N2S2/c1-4-5-6-17-42(2)49-18-7-8-19-52(49)63(3)53-39-44(31-36-50(53)51-37-35-48(41-54(51)63)65-57-22-11-15-26-61(57)67-62-27-16-12-23-58(62)65)29-28-43-30-32-46-40-47(34-33-45(46)38-43)64-55-20-9-13-24-59(55)66-60-25-14-10-21-56(60)64/h4-41H,2H2,1,3H3/b5-4-,17-6-,29-28+. The summed E-state index contributed by atoms with van der Waals surface area (Å²) in [6, 6.07) is 71.6. The highest BCUT2D eigenvalue weighted by atomic mass is 32.2. The fourth-order valence-corrected chi connectivity index (χ4v) is 12.4. The van der Waals surface area contributed by atoms with Crippen LogP contribution in [0.2, 0.25) is 0 Å². The van der Waals surface area contributed by atoms with Gasteiger partial charge in [0.25, 0.3) is 0 Å². The summed E-state index contributed by atoms with van der Waals surface area (Å²) in [4.78, 5) is 9.88. The number of allylic oxidation sites excluding steroid dienone is 5. The first-order valence-corrected chi connectivity index (χ1v) is 24.5. The van der Waals surface area contributed by atoms with Crippen LogP contribution in [0.15, 0.2) is 245 Å². The molecule has 2 heterocycles. The predicted molar refractivity (Wildman–Crippen MR) is 287 cm³/mol. The molecule has 4 heteroatoms. The first-order valence-electron chi connectivity index (χ1n) is 22.9. The molecule has 9 aromatic rings. The van der Waals surface area contributed by atoms with Crippen molar-refractivity contribution in [3.05, 3.63) is 258 Å². The number of hydrogen-bond acceptors (Lipinski definition) is 4. The molecular weight excluding hydrogens is 849 g/mol. The molecule has 0 saturated heterocycles. The van der Waals surface area contributed by atoms with E-state index in [1.54, 1.807) is 0 Å². The van der Waals surface area contributed by atoms with Crippen LogP contribution in [0.4, 0.5) is 34.1 Å². The number of rotatable bonds is 8. The fraction of sp³-hybridized carbons (Fsp3) is 0.0476. The average Bonchev–Trinajstić information content (AvgIpc) is 3.63. The number of hydrogen-bond donors (Lipinski definition) is 0. The Bertz CT molecular complexity index is 3470. The molecule has 12 rings (SSSR count). The van der Waals surface area contributed by atoms with Crippen LogP contribution < -0.4 is 9.80 Å². The lowest BCUT2D eigenvalue weighted by Gasteiger charge is -2.35. The van der Waals surface area contributed by atoms with Crippen LogP contribution in [0, 0.1) is 0 Å². The van der Waals surface area contributed by atoms with Gasteiger partial charge < -0.3 is 9.80 Å². The van der Waals surface area contributed by atoms with Crippen LogP contribution in [0.25, 0.3) is 39.6 Å². The van der Waals surface area contributed by atoms with Crippen molar-refractivity contribution in [3.8, 4) is 11.1 Å². The topological polar surface area (TPSA) is 6.48 Å². The Hall–Kier alpha value is -7.50. The number of nitrogens with zero attached hydrogens (tertiary/aromatic N) is 2. The highest BCUT2D eigenvalue weighted by molar-refractivity contribution is 8.00. The molecule has 0 amide bonds. The van der Waals surface area contributed by atoms with Crippen molar-refractivity contribution in [2.24, 2.45) is 0 Å². The van der Waals surface area contributed by atoms with Gasteiger partial charge in [0.15, 0.2) is 0 Å². The summed E-state index contributed by atoms with van der Waals surface area (Å²) in [7, 11) is 0. The maximum atomic E-state index is 4.62. The van der Waals surface area contributed by atoms with Gasteiger partial charge in [-0.15, -0.1) is 0 Å². The van der Waals surface area contributed by atoms with Gasteiger partial charge in [-0.2, -0.15) is 0 Å². The van der Waals surface area contributed by atoms with Crippen LogP contribution in [0.3, 0.4) is 0 Å². The van der Waals surface area contributed by atoms with Crippen LogP contribution in [0.5, 0.6) is 0 Å². The second kappa shape index (κ2) is 16.7. The Kier molecular flexibility index (Phi) is 10.2. The van der Waals surface area contributed by atoms with E-state index in [1.165, 1.54) is 80.9 Å². The van der Waals surface area contributed by atoms with Gasteiger partial charge >= 0.3 is 0 Å². The second-order valence-corrected chi connectivity index (χ2v) is 19.7. The summed E-state index contributed by atoms with van der Waals surface area (Å²) in [5, 5.41) is 2.42. The molecule has 3 aliphatic rings. The average molecular weight is 895 g/mol. The lowest BCUT2D eigenvalue weighted by Crippen LogP contribution is -2.25. The number of anilines is 6. The van der Waals surface area contributed by atoms with Crippen molar-refractivity contribution in [2.45, 2.75) is 38.8 Å². The number of fused-ring (bicyclic) bond motifs is 8. The van der Waals surface area contributed by atoms with Crippen LogP contribution in [-0.4, -0.2) is 0 Å². The molecule has 1 aliphatic carbocycles. The molecular formula is C63H46N2S2. The number of benzene rings is 9. The Labute approximate surface area is 402 Å². The summed E-state index contributed by atoms with van der Waals surface area (Å²) in [6.07, 6.45) is 12.9. The zero-order valence-electron chi connectivity index (χ0n) is 37.4. The molecule has 0 saturated carbocycles. The van der Waals surface area contributed by atoms with Gasteiger partial charge in [0, 0.05) is 36.4 Å². The Morgan fingerprint density at radius 2 is 0.925 bits per heavy atom. The molecule has 1 atom stereocenters. The molecule has 0 spiro atoms. The predicted octanol–water partition coefficient (Wildman–Crippen LogP) is 18.4. The van der Waals surface area contributed by atoms with Gasteiger partial charge in [-0.05, 0) is 160 Å². The second-order valence-electron chi connectivity index (χ2n) is 17.5. The third kappa shape index (κ3) is 6.99. The van der Waals surface area contributed by atoms with Gasteiger partial charge in [0.1, 0.15) is 0 Å². The monoisotopic (exact) mass is 894 g/mol. The molecule has 0 aromatic heterocycles. The molecule has 0 bridgehead atoms. The zero-order valence-corrected chi connectivity index (χ0v) is 39.0. The molecule has 320 valence electrons. The molecule has 0 radical (unpaired) electrons. The molecule has 9 aromatic carbocycles. The van der Waals surface area contributed by atoms with Crippen molar-refractivity contribution < 1.29 is 0 Å². The Balaban J connectivity index is 0.933. The maximum Gasteiger partial charge on any atom is 0.0601 e. The van der Waals surface area contributed by atoms with E-state index < -0.39 is 5.41 Å². The first kappa shape index (κ1) is 41.0. The SMILES string of the molecule is C=C(/C=C\C=C/C)c1ccccc1C1(C)c2cc(/C=C/c3ccc4cc(N5c6ccccc6Sc6ccccc65)ccc4c3)ccc2-c2ccc(N3c4ccccc4Sc4ccccc43)cc21. The van der Waals surface area contributed by atoms with E-state index in [0.717, 1.165) is 33.6 Å². The third-order valence-corrected chi connectivity index (χ3v) is 15.8. The lowest BCUT2D eigenvalue weighted by molar-refractivity contribution is 0.711. The lowest BCUT2D eigenvalue weighted by atomic mass is 9.71. The zero-order chi connectivity index (χ0) is 45.1. The minimum atomic E-state index is -0.489. The van der Waals surface area contributed by atoms with E-state index in [0.29, 0.717) is 0 Å². The van der Waals surface area contributed by atoms with Crippen LogP contribution in [0.1, 0.15) is 47.2 Å². The van der Waals surface area contributed by atoms with E-state index in [9.17, 15) is 0 Å². The molecule has 0 fully saturated rings. The molecule has 0 N–H and O–H groups in total. The van der Waals surface area contributed by atoms with E-state index in [-0.39, 0.29) is 0 Å². The summed E-state index contributed by atoms with van der Waals surface area (Å²) in [5.41, 5.74) is 17.5. The minimum absolute atomic E-state index is 0.489.